The van der Waals surface area contributed by atoms with Gasteiger partial charge in [0.05, 0.1) is 12.5 Å². The zero-order chi connectivity index (χ0) is 13.8. The lowest BCUT2D eigenvalue weighted by molar-refractivity contribution is -0.154. The second-order valence-corrected chi connectivity index (χ2v) is 5.76. The van der Waals surface area contributed by atoms with Crippen LogP contribution >= 0.6 is 0 Å². The quantitative estimate of drug-likeness (QED) is 0.846. The molecule has 108 valence electrons. The Morgan fingerprint density at radius 3 is 2.74 bits per heavy atom. The molecule has 3 atom stereocenters. The molecule has 1 amide bonds. The molecule has 0 radical (unpaired) electrons. The fraction of sp³-hybridized carbons (Fsp3) is 0.857. The minimum atomic E-state index is -0.885. The van der Waals surface area contributed by atoms with Crippen LogP contribution < -0.4 is 0 Å². The van der Waals surface area contributed by atoms with E-state index in [1.807, 2.05) is 6.92 Å². The van der Waals surface area contributed by atoms with Gasteiger partial charge >= 0.3 is 5.97 Å². The Morgan fingerprint density at radius 2 is 2.11 bits per heavy atom. The van der Waals surface area contributed by atoms with Crippen LogP contribution in [0.15, 0.2) is 0 Å². The Balaban J connectivity index is 1.93. The number of ether oxygens (including phenoxy) is 1. The van der Waals surface area contributed by atoms with Crippen LogP contribution in [0.25, 0.3) is 0 Å². The molecule has 0 aromatic carbocycles. The van der Waals surface area contributed by atoms with Gasteiger partial charge in [-0.05, 0) is 38.0 Å². The number of carbonyl (C=O) groups excluding carboxylic acids is 1. The normalized spacial score (nSPS) is 32.1. The number of hydrogen-bond acceptors (Lipinski definition) is 3. The molecular formula is C14H23NO4. The smallest absolute Gasteiger partial charge is 0.326 e. The lowest BCUT2D eigenvalue weighted by Crippen LogP contribution is -2.50. The van der Waals surface area contributed by atoms with E-state index in [1.54, 1.807) is 4.90 Å². The molecule has 2 heterocycles. The fourth-order valence-corrected chi connectivity index (χ4v) is 2.95. The minimum absolute atomic E-state index is 0.0185. The van der Waals surface area contributed by atoms with Crippen LogP contribution in [0.4, 0.5) is 0 Å². The van der Waals surface area contributed by atoms with Gasteiger partial charge in [-0.1, -0.05) is 6.92 Å². The Kier molecular flexibility index (Phi) is 4.80. The van der Waals surface area contributed by atoms with Crippen LogP contribution in [0.1, 0.15) is 45.4 Å². The lowest BCUT2D eigenvalue weighted by Gasteiger charge is -2.37. The van der Waals surface area contributed by atoms with E-state index in [0.717, 1.165) is 32.3 Å². The van der Waals surface area contributed by atoms with Crippen molar-refractivity contribution in [3.63, 3.8) is 0 Å². The number of piperidine rings is 1. The van der Waals surface area contributed by atoms with Crippen LogP contribution in [-0.2, 0) is 14.3 Å². The molecule has 5 heteroatoms. The second kappa shape index (κ2) is 6.37. The van der Waals surface area contributed by atoms with Crippen LogP contribution in [0, 0.1) is 5.92 Å². The summed E-state index contributed by atoms with van der Waals surface area (Å²) in [6, 6.07) is -0.653. The van der Waals surface area contributed by atoms with E-state index in [0.29, 0.717) is 25.3 Å². The van der Waals surface area contributed by atoms with E-state index in [9.17, 15) is 14.7 Å². The highest BCUT2D eigenvalue weighted by atomic mass is 16.5. The molecule has 0 saturated carbocycles. The molecule has 0 aromatic rings. The Morgan fingerprint density at radius 1 is 1.32 bits per heavy atom. The molecule has 0 aliphatic carbocycles. The maximum Gasteiger partial charge on any atom is 0.326 e. The summed E-state index contributed by atoms with van der Waals surface area (Å²) in [6.07, 6.45) is 4.83. The van der Waals surface area contributed by atoms with Crippen molar-refractivity contribution < 1.29 is 19.4 Å². The van der Waals surface area contributed by atoms with E-state index in [-0.39, 0.29) is 12.0 Å². The van der Waals surface area contributed by atoms with Gasteiger partial charge in [0, 0.05) is 13.2 Å². The van der Waals surface area contributed by atoms with Gasteiger partial charge in [-0.2, -0.15) is 0 Å². The summed E-state index contributed by atoms with van der Waals surface area (Å²) in [6.45, 7) is 3.32. The molecule has 2 aliphatic heterocycles. The van der Waals surface area contributed by atoms with Gasteiger partial charge < -0.3 is 14.7 Å². The van der Waals surface area contributed by atoms with Gasteiger partial charge in [-0.25, -0.2) is 4.79 Å². The first-order valence-corrected chi connectivity index (χ1v) is 7.22. The molecule has 2 rings (SSSR count). The molecule has 0 aromatic heterocycles. The standard InChI is InChI=1S/C14H23NO4/c1-10-5-6-15(12(8-10)14(17)18)13(16)9-11-4-2-3-7-19-11/h10-12H,2-9H2,1H3,(H,17,18). The number of nitrogens with zero attached hydrogens (tertiary/aromatic N) is 1. The summed E-state index contributed by atoms with van der Waals surface area (Å²) >= 11 is 0. The van der Waals surface area contributed by atoms with Crippen molar-refractivity contribution in [2.45, 2.75) is 57.6 Å². The van der Waals surface area contributed by atoms with Crippen molar-refractivity contribution in [3.05, 3.63) is 0 Å². The van der Waals surface area contributed by atoms with Crippen molar-refractivity contribution in [2.75, 3.05) is 13.2 Å². The predicted octanol–water partition coefficient (Wildman–Crippen LogP) is 1.66. The van der Waals surface area contributed by atoms with Crippen molar-refractivity contribution in [1.82, 2.24) is 4.90 Å². The van der Waals surface area contributed by atoms with E-state index in [2.05, 4.69) is 0 Å². The second-order valence-electron chi connectivity index (χ2n) is 5.76. The first-order chi connectivity index (χ1) is 9.08. The summed E-state index contributed by atoms with van der Waals surface area (Å²) in [7, 11) is 0. The van der Waals surface area contributed by atoms with Crippen molar-refractivity contribution in [2.24, 2.45) is 5.92 Å². The highest BCUT2D eigenvalue weighted by molar-refractivity contribution is 5.84. The van der Waals surface area contributed by atoms with Gasteiger partial charge in [0.2, 0.25) is 5.91 Å². The van der Waals surface area contributed by atoms with Crippen molar-refractivity contribution >= 4 is 11.9 Å². The maximum atomic E-state index is 12.3. The first-order valence-electron chi connectivity index (χ1n) is 7.22. The summed E-state index contributed by atoms with van der Waals surface area (Å²) in [5.74, 6) is -0.577. The van der Waals surface area contributed by atoms with Crippen LogP contribution in [0.2, 0.25) is 0 Å². The van der Waals surface area contributed by atoms with Crippen molar-refractivity contribution in [3.8, 4) is 0 Å². The largest absolute Gasteiger partial charge is 0.480 e. The number of rotatable bonds is 3. The molecule has 0 bridgehead atoms. The monoisotopic (exact) mass is 269 g/mol. The number of aliphatic carboxylic acids is 1. The minimum Gasteiger partial charge on any atom is -0.480 e. The number of carbonyl (C=O) groups is 2. The molecule has 3 unspecified atom stereocenters. The summed E-state index contributed by atoms with van der Waals surface area (Å²) < 4.78 is 5.56. The van der Waals surface area contributed by atoms with Gasteiger partial charge in [0.15, 0.2) is 0 Å². The number of hydrogen-bond donors (Lipinski definition) is 1. The van der Waals surface area contributed by atoms with Gasteiger partial charge in [-0.3, -0.25) is 4.79 Å². The molecule has 1 N–H and O–H groups in total. The fourth-order valence-electron chi connectivity index (χ4n) is 2.95. The van der Waals surface area contributed by atoms with Gasteiger partial charge in [0.25, 0.3) is 0 Å². The zero-order valence-electron chi connectivity index (χ0n) is 11.5. The SMILES string of the molecule is CC1CCN(C(=O)CC2CCCCO2)C(C(=O)O)C1. The Labute approximate surface area is 113 Å². The Hall–Kier alpha value is -1.10. The summed E-state index contributed by atoms with van der Waals surface area (Å²) in [4.78, 5) is 25.1. The highest BCUT2D eigenvalue weighted by Crippen LogP contribution is 2.25. The van der Waals surface area contributed by atoms with Crippen molar-refractivity contribution in [1.29, 1.82) is 0 Å². The number of carboxylic acid groups (broad SMARTS) is 1. The molecule has 0 spiro atoms. The molecule has 2 fully saturated rings. The number of carboxylic acids is 1. The Bertz CT molecular complexity index is 338. The molecule has 2 aliphatic rings. The highest BCUT2D eigenvalue weighted by Gasteiger charge is 2.35. The van der Waals surface area contributed by atoms with E-state index >= 15 is 0 Å². The van der Waals surface area contributed by atoms with Gasteiger partial charge in [-0.15, -0.1) is 0 Å². The number of amides is 1. The predicted molar refractivity (Wildman–Crippen MR) is 69.7 cm³/mol. The van der Waals surface area contributed by atoms with E-state index in [4.69, 9.17) is 4.74 Å². The first kappa shape index (κ1) is 14.3. The van der Waals surface area contributed by atoms with Crippen LogP contribution in [0.3, 0.4) is 0 Å². The average Bonchev–Trinajstić information content (AvgIpc) is 2.39. The van der Waals surface area contributed by atoms with Crippen LogP contribution in [-0.4, -0.2) is 47.2 Å². The van der Waals surface area contributed by atoms with Crippen LogP contribution in [0.5, 0.6) is 0 Å². The molecule has 2 saturated heterocycles. The third-order valence-corrected chi connectivity index (χ3v) is 4.15. The molecular weight excluding hydrogens is 246 g/mol. The summed E-state index contributed by atoms with van der Waals surface area (Å²) in [5, 5.41) is 9.26. The average molecular weight is 269 g/mol. The topological polar surface area (TPSA) is 66.8 Å². The number of likely N-dealkylation sites (tertiary alicyclic amines) is 1. The maximum absolute atomic E-state index is 12.3. The molecule has 19 heavy (non-hydrogen) atoms. The zero-order valence-corrected chi connectivity index (χ0v) is 11.5. The molecule has 5 nitrogen and oxygen atoms in total. The van der Waals surface area contributed by atoms with E-state index < -0.39 is 12.0 Å². The third kappa shape index (κ3) is 3.69. The van der Waals surface area contributed by atoms with Gasteiger partial charge in [0.1, 0.15) is 6.04 Å². The third-order valence-electron chi connectivity index (χ3n) is 4.15. The van der Waals surface area contributed by atoms with E-state index in [1.165, 1.54) is 0 Å². The summed E-state index contributed by atoms with van der Waals surface area (Å²) in [5.41, 5.74) is 0. The lowest BCUT2D eigenvalue weighted by atomic mass is 9.92.